The molecule has 3 aromatic rings. The molecule has 28 heavy (non-hydrogen) atoms. The van der Waals surface area contributed by atoms with Gasteiger partial charge in [-0.05, 0) is 30.3 Å². The summed E-state index contributed by atoms with van der Waals surface area (Å²) in [5, 5.41) is 4.22. The van der Waals surface area contributed by atoms with E-state index in [2.05, 4.69) is 5.10 Å². The van der Waals surface area contributed by atoms with Crippen LogP contribution in [0.15, 0.2) is 54.7 Å². The predicted octanol–water partition coefficient (Wildman–Crippen LogP) is 2.65. The van der Waals surface area contributed by atoms with E-state index in [1.807, 2.05) is 30.3 Å². The molecule has 0 aliphatic carbocycles. The molecule has 0 spiro atoms. The fourth-order valence-corrected chi connectivity index (χ4v) is 2.71. The summed E-state index contributed by atoms with van der Waals surface area (Å²) < 4.78 is 22.3. The first-order valence-electron chi connectivity index (χ1n) is 8.45. The van der Waals surface area contributed by atoms with E-state index in [-0.39, 0.29) is 24.0 Å². The van der Waals surface area contributed by atoms with Crippen molar-refractivity contribution in [3.63, 3.8) is 0 Å². The minimum Gasteiger partial charge on any atom is -0.493 e. The van der Waals surface area contributed by atoms with E-state index in [1.54, 1.807) is 24.4 Å². The lowest BCUT2D eigenvalue weighted by Gasteiger charge is -2.05. The van der Waals surface area contributed by atoms with Crippen LogP contribution >= 0.6 is 0 Å². The second-order valence-electron chi connectivity index (χ2n) is 5.89. The largest absolute Gasteiger partial charge is 0.493 e. The van der Waals surface area contributed by atoms with Crippen molar-refractivity contribution in [2.45, 2.75) is 0 Å². The summed E-state index contributed by atoms with van der Waals surface area (Å²) in [6.45, 7) is -0.314. The predicted molar refractivity (Wildman–Crippen MR) is 97.3 cm³/mol. The lowest BCUT2D eigenvalue weighted by molar-refractivity contribution is 0.0465. The van der Waals surface area contributed by atoms with E-state index < -0.39 is 12.6 Å². The van der Waals surface area contributed by atoms with Crippen LogP contribution in [0.1, 0.15) is 20.8 Å². The molecule has 1 aromatic heterocycles. The van der Waals surface area contributed by atoms with Crippen LogP contribution in [0, 0.1) is 0 Å². The molecular formula is C20H16N2O6. The molecule has 0 saturated carbocycles. The molecule has 4 rings (SSSR count). The van der Waals surface area contributed by atoms with Gasteiger partial charge in [0.1, 0.15) is 0 Å². The minimum absolute atomic E-state index is 0.00941. The summed E-state index contributed by atoms with van der Waals surface area (Å²) in [6, 6.07) is 14.0. The maximum absolute atomic E-state index is 12.4. The van der Waals surface area contributed by atoms with E-state index >= 15 is 0 Å². The number of hydrogen-bond acceptors (Lipinski definition) is 7. The van der Waals surface area contributed by atoms with Gasteiger partial charge < -0.3 is 18.9 Å². The molecule has 0 radical (unpaired) electrons. The second kappa shape index (κ2) is 7.43. The van der Waals surface area contributed by atoms with Crippen LogP contribution in [-0.2, 0) is 4.74 Å². The fraction of sp³-hybridized carbons (Fsp3) is 0.150. The zero-order chi connectivity index (χ0) is 19.5. The molecule has 0 saturated heterocycles. The summed E-state index contributed by atoms with van der Waals surface area (Å²) in [4.78, 5) is 24.7. The molecule has 0 atom stereocenters. The summed E-state index contributed by atoms with van der Waals surface area (Å²) in [7, 11) is 1.43. The molecule has 1 aliphatic rings. The molecule has 0 N–H and O–H groups in total. The highest BCUT2D eigenvalue weighted by molar-refractivity contribution is 6.00. The normalized spacial score (nSPS) is 11.9. The molecule has 0 bridgehead atoms. The molecule has 1 aliphatic heterocycles. The van der Waals surface area contributed by atoms with Crippen LogP contribution < -0.4 is 14.2 Å². The van der Waals surface area contributed by atoms with Crippen LogP contribution in [0.2, 0.25) is 0 Å². The Hall–Kier alpha value is -3.81. The van der Waals surface area contributed by atoms with Gasteiger partial charge in [0, 0.05) is 5.56 Å². The summed E-state index contributed by atoms with van der Waals surface area (Å²) in [6.07, 6.45) is 1.57. The van der Waals surface area contributed by atoms with Gasteiger partial charge in [0.25, 0.3) is 0 Å². The zero-order valence-electron chi connectivity index (χ0n) is 15.0. The van der Waals surface area contributed by atoms with Crippen molar-refractivity contribution < 1.29 is 28.5 Å². The van der Waals surface area contributed by atoms with Crippen molar-refractivity contribution in [1.82, 2.24) is 9.78 Å². The van der Waals surface area contributed by atoms with Crippen molar-refractivity contribution in [3.8, 4) is 22.9 Å². The highest BCUT2D eigenvalue weighted by atomic mass is 16.7. The van der Waals surface area contributed by atoms with Crippen molar-refractivity contribution >= 4 is 11.8 Å². The van der Waals surface area contributed by atoms with Gasteiger partial charge in [-0.25, -0.2) is 9.48 Å². The Balaban J connectivity index is 1.46. The van der Waals surface area contributed by atoms with Crippen LogP contribution in [0.4, 0.5) is 0 Å². The summed E-state index contributed by atoms with van der Waals surface area (Å²) in [5.74, 6) is 0.197. The highest BCUT2D eigenvalue weighted by Crippen LogP contribution is 2.32. The second-order valence-corrected chi connectivity index (χ2v) is 5.89. The lowest BCUT2D eigenvalue weighted by Crippen LogP contribution is -2.15. The average Bonchev–Trinajstić information content (AvgIpc) is 3.38. The summed E-state index contributed by atoms with van der Waals surface area (Å²) >= 11 is 0. The fourth-order valence-electron chi connectivity index (χ4n) is 2.71. The van der Waals surface area contributed by atoms with E-state index in [1.165, 1.54) is 11.8 Å². The number of methoxy groups -OCH3 is 1. The Morgan fingerprint density at radius 3 is 2.68 bits per heavy atom. The number of fused-ring (bicyclic) bond motifs is 1. The number of nitrogens with zero attached hydrogens (tertiary/aromatic N) is 2. The molecule has 0 unspecified atom stereocenters. The van der Waals surface area contributed by atoms with Gasteiger partial charge in [0.15, 0.2) is 29.6 Å². The molecule has 0 fully saturated rings. The Bertz CT molecular complexity index is 1030. The Labute approximate surface area is 160 Å². The summed E-state index contributed by atoms with van der Waals surface area (Å²) in [5.41, 5.74) is 1.11. The maximum Gasteiger partial charge on any atom is 0.363 e. The van der Waals surface area contributed by atoms with Crippen molar-refractivity contribution in [3.05, 3.63) is 66.0 Å². The number of hydrogen-bond donors (Lipinski definition) is 0. The van der Waals surface area contributed by atoms with E-state index in [0.29, 0.717) is 17.1 Å². The number of ketones is 1. The number of para-hydroxylation sites is 1. The average molecular weight is 380 g/mol. The smallest absolute Gasteiger partial charge is 0.363 e. The SMILES string of the molecule is COc1cn(-c2ccccc2)nc1C(=O)OCC(=O)c1ccc2c(c1)OCO2. The van der Waals surface area contributed by atoms with Gasteiger partial charge in [-0.1, -0.05) is 18.2 Å². The highest BCUT2D eigenvalue weighted by Gasteiger charge is 2.22. The number of ether oxygens (including phenoxy) is 4. The Morgan fingerprint density at radius 1 is 1.11 bits per heavy atom. The zero-order valence-corrected chi connectivity index (χ0v) is 15.0. The molecular weight excluding hydrogens is 364 g/mol. The van der Waals surface area contributed by atoms with Gasteiger partial charge in [-0.15, -0.1) is 0 Å². The number of esters is 1. The van der Waals surface area contributed by atoms with E-state index in [9.17, 15) is 9.59 Å². The van der Waals surface area contributed by atoms with Gasteiger partial charge in [-0.3, -0.25) is 4.79 Å². The Morgan fingerprint density at radius 2 is 1.89 bits per heavy atom. The number of aromatic nitrogens is 2. The number of carbonyl (C=O) groups excluding carboxylic acids is 2. The van der Waals surface area contributed by atoms with Crippen molar-refractivity contribution in [1.29, 1.82) is 0 Å². The van der Waals surface area contributed by atoms with Gasteiger partial charge in [0.05, 0.1) is 19.0 Å². The number of carbonyl (C=O) groups is 2. The molecule has 8 nitrogen and oxygen atoms in total. The van der Waals surface area contributed by atoms with Gasteiger partial charge in [0.2, 0.25) is 12.5 Å². The van der Waals surface area contributed by atoms with Crippen LogP contribution in [0.5, 0.6) is 17.2 Å². The van der Waals surface area contributed by atoms with E-state index in [0.717, 1.165) is 5.69 Å². The maximum atomic E-state index is 12.4. The minimum atomic E-state index is -0.749. The monoisotopic (exact) mass is 380 g/mol. The standard InChI is InChI=1S/C20H16N2O6/c1-25-18-10-22(14-5-3-2-4-6-14)21-19(18)20(24)26-11-15(23)13-7-8-16-17(9-13)28-12-27-16/h2-10H,11-12H2,1H3. The quantitative estimate of drug-likeness (QED) is 0.480. The molecule has 8 heteroatoms. The molecule has 142 valence electrons. The van der Waals surface area contributed by atoms with E-state index in [4.69, 9.17) is 18.9 Å². The van der Waals surface area contributed by atoms with Crippen molar-refractivity contribution in [2.24, 2.45) is 0 Å². The van der Waals surface area contributed by atoms with Crippen LogP contribution in [0.3, 0.4) is 0 Å². The molecule has 0 amide bonds. The Kier molecular flexibility index (Phi) is 4.67. The number of Topliss-reactive ketones (excluding diaryl/α,β-unsaturated/α-hetero) is 1. The number of rotatable bonds is 6. The lowest BCUT2D eigenvalue weighted by atomic mass is 10.1. The third-order valence-electron chi connectivity index (χ3n) is 4.14. The van der Waals surface area contributed by atoms with Crippen LogP contribution in [-0.4, -0.2) is 42.0 Å². The first kappa shape index (κ1) is 17.6. The van der Waals surface area contributed by atoms with Gasteiger partial charge >= 0.3 is 5.97 Å². The molecule has 2 aromatic carbocycles. The van der Waals surface area contributed by atoms with Gasteiger partial charge in [-0.2, -0.15) is 5.10 Å². The first-order valence-corrected chi connectivity index (χ1v) is 8.45. The first-order chi connectivity index (χ1) is 13.7. The topological polar surface area (TPSA) is 88.9 Å². The third kappa shape index (κ3) is 3.39. The van der Waals surface area contributed by atoms with Crippen LogP contribution in [0.25, 0.3) is 5.69 Å². The number of benzene rings is 2. The van der Waals surface area contributed by atoms with Crippen molar-refractivity contribution in [2.75, 3.05) is 20.5 Å². The molecule has 2 heterocycles. The third-order valence-corrected chi connectivity index (χ3v) is 4.14.